The molecule has 152 valence electrons. The van der Waals surface area contributed by atoms with Gasteiger partial charge in [0.25, 0.3) is 11.8 Å². The molecule has 3 aromatic carbocycles. The number of hydrogen-bond donors (Lipinski definition) is 2. The summed E-state index contributed by atoms with van der Waals surface area (Å²) in [6.45, 7) is 2.02. The van der Waals surface area contributed by atoms with E-state index in [1.54, 1.807) is 36.4 Å². The van der Waals surface area contributed by atoms with Gasteiger partial charge in [0.1, 0.15) is 6.61 Å². The van der Waals surface area contributed by atoms with Gasteiger partial charge in [0.15, 0.2) is 11.5 Å². The van der Waals surface area contributed by atoms with E-state index in [2.05, 4.69) is 10.6 Å². The van der Waals surface area contributed by atoms with Crippen molar-refractivity contribution >= 4 is 17.5 Å². The van der Waals surface area contributed by atoms with E-state index in [1.807, 2.05) is 49.4 Å². The number of ether oxygens (including phenoxy) is 2. The van der Waals surface area contributed by atoms with E-state index in [4.69, 9.17) is 9.47 Å². The number of carbonyl (C=O) groups is 2. The Kier molecular flexibility index (Phi) is 5.66. The van der Waals surface area contributed by atoms with Gasteiger partial charge in [0.2, 0.25) is 6.10 Å². The fourth-order valence-electron chi connectivity index (χ4n) is 3.25. The van der Waals surface area contributed by atoms with Crippen LogP contribution in [0.5, 0.6) is 11.5 Å². The van der Waals surface area contributed by atoms with Crippen molar-refractivity contribution in [3.63, 3.8) is 0 Å². The maximum atomic E-state index is 12.9. The number of carbonyl (C=O) groups excluding carboxylic acids is 2. The monoisotopic (exact) mass is 402 g/mol. The maximum Gasteiger partial charge on any atom is 0.269 e. The Labute approximate surface area is 174 Å². The summed E-state index contributed by atoms with van der Waals surface area (Å²) in [6, 6.07) is 23.6. The third kappa shape index (κ3) is 4.27. The first kappa shape index (κ1) is 19.5. The molecule has 3 aromatic rings. The van der Waals surface area contributed by atoms with Crippen molar-refractivity contribution in [3.8, 4) is 11.5 Å². The van der Waals surface area contributed by atoms with Gasteiger partial charge in [-0.25, -0.2) is 0 Å². The van der Waals surface area contributed by atoms with Crippen LogP contribution in [0.1, 0.15) is 28.9 Å². The van der Waals surface area contributed by atoms with Crippen LogP contribution in [0.3, 0.4) is 0 Å². The van der Waals surface area contributed by atoms with E-state index in [1.165, 1.54) is 0 Å². The van der Waals surface area contributed by atoms with Gasteiger partial charge in [-0.05, 0) is 36.8 Å². The highest BCUT2D eigenvalue weighted by atomic mass is 16.6. The molecule has 0 fully saturated rings. The number of nitrogens with one attached hydrogen (secondary N) is 2. The Morgan fingerprint density at radius 2 is 1.57 bits per heavy atom. The molecule has 2 amide bonds. The predicted octanol–water partition coefficient (Wildman–Crippen LogP) is 3.96. The summed E-state index contributed by atoms with van der Waals surface area (Å²) in [4.78, 5) is 25.6. The molecule has 30 heavy (non-hydrogen) atoms. The van der Waals surface area contributed by atoms with Crippen LogP contribution in [-0.4, -0.2) is 24.5 Å². The highest BCUT2D eigenvalue weighted by Crippen LogP contribution is 2.31. The van der Waals surface area contributed by atoms with Crippen LogP contribution in [-0.2, 0) is 4.79 Å². The number of para-hydroxylation sites is 3. The Balaban J connectivity index is 1.45. The zero-order valence-corrected chi connectivity index (χ0v) is 16.5. The van der Waals surface area contributed by atoms with Crippen LogP contribution >= 0.6 is 0 Å². The Hall–Kier alpha value is -3.80. The third-order valence-electron chi connectivity index (χ3n) is 4.88. The average molecular weight is 402 g/mol. The Morgan fingerprint density at radius 3 is 2.37 bits per heavy atom. The molecule has 0 saturated heterocycles. The van der Waals surface area contributed by atoms with E-state index >= 15 is 0 Å². The van der Waals surface area contributed by atoms with Crippen LogP contribution in [0.4, 0.5) is 5.69 Å². The Bertz CT molecular complexity index is 1050. The van der Waals surface area contributed by atoms with Gasteiger partial charge in [0, 0.05) is 0 Å². The minimum Gasteiger partial charge on any atom is -0.485 e. The third-order valence-corrected chi connectivity index (χ3v) is 4.88. The van der Waals surface area contributed by atoms with Crippen molar-refractivity contribution in [2.45, 2.75) is 19.1 Å². The van der Waals surface area contributed by atoms with Gasteiger partial charge in [-0.15, -0.1) is 0 Å². The minimum atomic E-state index is -0.806. The van der Waals surface area contributed by atoms with Crippen molar-refractivity contribution in [1.29, 1.82) is 0 Å². The number of amides is 2. The zero-order valence-electron chi connectivity index (χ0n) is 16.5. The highest BCUT2D eigenvalue weighted by Gasteiger charge is 2.28. The van der Waals surface area contributed by atoms with Crippen LogP contribution in [0.25, 0.3) is 0 Å². The molecule has 6 nitrogen and oxygen atoms in total. The number of anilines is 1. The summed E-state index contributed by atoms with van der Waals surface area (Å²) >= 11 is 0. The van der Waals surface area contributed by atoms with E-state index in [0.717, 1.165) is 5.56 Å². The molecule has 0 aromatic heterocycles. The van der Waals surface area contributed by atoms with Crippen LogP contribution in [0, 0.1) is 0 Å². The zero-order chi connectivity index (χ0) is 20.9. The van der Waals surface area contributed by atoms with E-state index < -0.39 is 6.10 Å². The molecule has 0 saturated carbocycles. The SMILES string of the molecule is C[C@@H](NC(=O)c1ccccc1NC(=O)[C@H]1COc2ccccc2O1)c1ccccc1. The van der Waals surface area contributed by atoms with Crippen molar-refractivity contribution in [2.24, 2.45) is 0 Å². The molecule has 1 aliphatic heterocycles. The van der Waals surface area contributed by atoms with Crippen LogP contribution in [0.2, 0.25) is 0 Å². The molecule has 4 rings (SSSR count). The first-order valence-corrected chi connectivity index (χ1v) is 9.76. The Morgan fingerprint density at radius 1 is 0.900 bits per heavy atom. The second-order valence-corrected chi connectivity index (χ2v) is 7.00. The predicted molar refractivity (Wildman–Crippen MR) is 114 cm³/mol. The average Bonchev–Trinajstić information content (AvgIpc) is 2.79. The number of hydrogen-bond acceptors (Lipinski definition) is 4. The molecule has 0 spiro atoms. The largest absolute Gasteiger partial charge is 0.485 e. The molecular weight excluding hydrogens is 380 g/mol. The van der Waals surface area contributed by atoms with Crippen molar-refractivity contribution in [3.05, 3.63) is 90.0 Å². The van der Waals surface area contributed by atoms with Crippen molar-refractivity contribution < 1.29 is 19.1 Å². The number of rotatable bonds is 5. The molecular formula is C24H22N2O4. The number of fused-ring (bicyclic) bond motifs is 1. The second-order valence-electron chi connectivity index (χ2n) is 7.00. The fourth-order valence-corrected chi connectivity index (χ4v) is 3.25. The van der Waals surface area contributed by atoms with Gasteiger partial charge < -0.3 is 20.1 Å². The minimum absolute atomic E-state index is 0.0995. The molecule has 6 heteroatoms. The van der Waals surface area contributed by atoms with E-state index in [0.29, 0.717) is 22.7 Å². The maximum absolute atomic E-state index is 12.9. The summed E-state index contributed by atoms with van der Waals surface area (Å²) in [6.07, 6.45) is -0.806. The molecule has 0 bridgehead atoms. The molecule has 2 atom stereocenters. The quantitative estimate of drug-likeness (QED) is 0.677. The van der Waals surface area contributed by atoms with Gasteiger partial charge in [-0.1, -0.05) is 54.6 Å². The van der Waals surface area contributed by atoms with Crippen molar-refractivity contribution in [2.75, 3.05) is 11.9 Å². The lowest BCUT2D eigenvalue weighted by atomic mass is 10.1. The first-order valence-electron chi connectivity index (χ1n) is 9.76. The lowest BCUT2D eigenvalue weighted by molar-refractivity contribution is -0.125. The summed E-state index contributed by atoms with van der Waals surface area (Å²) in [5.74, 6) is 0.483. The summed E-state index contributed by atoms with van der Waals surface area (Å²) in [5, 5.41) is 5.77. The molecule has 0 unspecified atom stereocenters. The number of benzene rings is 3. The summed E-state index contributed by atoms with van der Waals surface area (Å²) in [7, 11) is 0. The molecule has 1 aliphatic rings. The van der Waals surface area contributed by atoms with E-state index in [9.17, 15) is 9.59 Å². The lowest BCUT2D eigenvalue weighted by Gasteiger charge is -2.26. The van der Waals surface area contributed by atoms with Crippen molar-refractivity contribution in [1.82, 2.24) is 5.32 Å². The standard InChI is InChI=1S/C24H22N2O4/c1-16(17-9-3-2-4-10-17)25-23(27)18-11-5-6-12-19(18)26-24(28)22-15-29-20-13-7-8-14-21(20)30-22/h2-14,16,22H,15H2,1H3,(H,25,27)(H,26,28)/t16-,22-/m1/s1. The second kappa shape index (κ2) is 8.69. The lowest BCUT2D eigenvalue weighted by Crippen LogP contribution is -2.40. The summed E-state index contributed by atoms with van der Waals surface area (Å²) in [5.41, 5.74) is 1.80. The van der Waals surface area contributed by atoms with Gasteiger partial charge in [-0.2, -0.15) is 0 Å². The normalized spacial score (nSPS) is 15.7. The fraction of sp³-hybridized carbons (Fsp3) is 0.167. The smallest absolute Gasteiger partial charge is 0.269 e. The molecule has 0 aliphatic carbocycles. The summed E-state index contributed by atoms with van der Waals surface area (Å²) < 4.78 is 11.4. The molecule has 2 N–H and O–H groups in total. The topological polar surface area (TPSA) is 76.7 Å². The van der Waals surface area contributed by atoms with Crippen LogP contribution in [0.15, 0.2) is 78.9 Å². The van der Waals surface area contributed by atoms with Gasteiger partial charge in [0.05, 0.1) is 17.3 Å². The van der Waals surface area contributed by atoms with E-state index in [-0.39, 0.29) is 24.5 Å². The van der Waals surface area contributed by atoms with Crippen LogP contribution < -0.4 is 20.1 Å². The first-order chi connectivity index (χ1) is 14.6. The highest BCUT2D eigenvalue weighted by molar-refractivity contribution is 6.04. The van der Waals surface area contributed by atoms with Gasteiger partial charge >= 0.3 is 0 Å². The molecule has 1 heterocycles. The molecule has 0 radical (unpaired) electrons. The van der Waals surface area contributed by atoms with Gasteiger partial charge in [-0.3, -0.25) is 9.59 Å².